The molecule has 274 valence electrons. The molecule has 1 aromatic heterocycles. The van der Waals surface area contributed by atoms with Crippen LogP contribution in [0.4, 0.5) is 0 Å². The van der Waals surface area contributed by atoms with Crippen molar-refractivity contribution in [2.45, 2.75) is 76.3 Å². The van der Waals surface area contributed by atoms with Gasteiger partial charge in [-0.25, -0.2) is 9.78 Å². The minimum atomic E-state index is -1.18. The molecule has 0 saturated heterocycles. The van der Waals surface area contributed by atoms with Crippen LogP contribution in [0.5, 0.6) is 11.5 Å². The fraction of sp³-hybridized carbons (Fsp3) is 0.400. The lowest BCUT2D eigenvalue weighted by atomic mass is 9.91. The van der Waals surface area contributed by atoms with E-state index >= 15 is 0 Å². The van der Waals surface area contributed by atoms with Crippen LogP contribution in [0, 0.1) is 0 Å². The molecule has 2 aromatic carbocycles. The normalized spacial score (nSPS) is 18.3. The number of guanidine groups is 1. The number of aromatic nitrogens is 2. The average molecular weight is 716 g/mol. The van der Waals surface area contributed by atoms with Crippen LogP contribution in [0.2, 0.25) is 0 Å². The zero-order valence-electron chi connectivity index (χ0n) is 28.5. The van der Waals surface area contributed by atoms with Crippen LogP contribution in [0.25, 0.3) is 0 Å². The number of nitrogens with one attached hydrogen (secondary N) is 3. The van der Waals surface area contributed by atoms with E-state index in [9.17, 15) is 29.1 Å². The summed E-state index contributed by atoms with van der Waals surface area (Å²) >= 11 is 0. The van der Waals surface area contributed by atoms with Crippen LogP contribution >= 0.6 is 0 Å². The zero-order chi connectivity index (χ0) is 36.9. The quantitative estimate of drug-likeness (QED) is 0.0808. The van der Waals surface area contributed by atoms with Crippen molar-refractivity contribution in [3.8, 4) is 11.5 Å². The van der Waals surface area contributed by atoms with Gasteiger partial charge in [0, 0.05) is 57.7 Å². The minimum absolute atomic E-state index is 0.00490. The first-order valence-electron chi connectivity index (χ1n) is 16.9. The van der Waals surface area contributed by atoms with Gasteiger partial charge in [0.05, 0.1) is 6.33 Å². The van der Waals surface area contributed by atoms with Gasteiger partial charge >= 0.3 is 5.97 Å². The van der Waals surface area contributed by atoms with Gasteiger partial charge in [-0.3, -0.25) is 24.2 Å². The maximum absolute atomic E-state index is 14.5. The van der Waals surface area contributed by atoms with Gasteiger partial charge in [-0.15, -0.1) is 0 Å². The lowest BCUT2D eigenvalue weighted by molar-refractivity contribution is -0.153. The number of fused-ring (bicyclic) bond motifs is 3. The third-order valence-corrected chi connectivity index (χ3v) is 9.44. The first kappa shape index (κ1) is 35.7. The van der Waals surface area contributed by atoms with E-state index in [1.165, 1.54) is 23.1 Å². The number of aliphatic imine (C=N–C) groups is 1. The van der Waals surface area contributed by atoms with Crippen molar-refractivity contribution >= 4 is 35.6 Å². The van der Waals surface area contributed by atoms with Crippen molar-refractivity contribution in [3.63, 3.8) is 0 Å². The van der Waals surface area contributed by atoms with Crippen molar-refractivity contribution in [1.29, 1.82) is 0 Å². The molecule has 4 atom stereocenters. The highest BCUT2D eigenvalue weighted by molar-refractivity contribution is 5.95. The Labute approximate surface area is 298 Å². The predicted octanol–water partition coefficient (Wildman–Crippen LogP) is -0.284. The topological polar surface area (TPSA) is 248 Å². The van der Waals surface area contributed by atoms with Crippen molar-refractivity contribution in [1.82, 2.24) is 30.4 Å². The Morgan fingerprint density at radius 3 is 2.27 bits per heavy atom. The number of benzene rings is 2. The van der Waals surface area contributed by atoms with Crippen LogP contribution < -0.4 is 31.6 Å². The molecule has 3 aliphatic rings. The van der Waals surface area contributed by atoms with Gasteiger partial charge in [-0.1, -0.05) is 24.3 Å². The van der Waals surface area contributed by atoms with Crippen LogP contribution in [0.15, 0.2) is 53.9 Å². The van der Waals surface area contributed by atoms with E-state index in [4.69, 9.17) is 20.9 Å². The van der Waals surface area contributed by atoms with Gasteiger partial charge in [0.1, 0.15) is 24.2 Å². The number of rotatable bonds is 12. The number of hydrogen-bond donors (Lipinski definition) is 6. The summed E-state index contributed by atoms with van der Waals surface area (Å²) in [6.45, 7) is 1.52. The van der Waals surface area contributed by atoms with E-state index in [0.29, 0.717) is 17.2 Å². The highest BCUT2D eigenvalue weighted by Gasteiger charge is 2.42. The lowest BCUT2D eigenvalue weighted by Gasteiger charge is -2.40. The lowest BCUT2D eigenvalue weighted by Crippen LogP contribution is -2.61. The number of H-pyrrole nitrogens is 1. The Morgan fingerprint density at radius 2 is 1.60 bits per heavy atom. The van der Waals surface area contributed by atoms with Crippen molar-refractivity contribution in [2.75, 3.05) is 13.3 Å². The second kappa shape index (κ2) is 15.4. The first-order chi connectivity index (χ1) is 25.0. The molecule has 4 heterocycles. The molecule has 0 aliphatic carbocycles. The molecular formula is C35H41N9O8. The van der Waals surface area contributed by atoms with E-state index < -0.39 is 53.8 Å². The summed E-state index contributed by atoms with van der Waals surface area (Å²) in [5, 5.41) is 15.7. The molecule has 52 heavy (non-hydrogen) atoms. The molecule has 4 amide bonds. The number of imidazole rings is 1. The standard InChI is InChI=1S/C35H41N9O8/c1-19(45)41-26(13-24-14-38-17-40-24)33(48)43-16-23-12-30-29(51-18-52-30)11-22(23)10-27(43)31(46)42-25(7-4-8-39-35(36)37)32(47)44-15-21-6-3-2-5-20(21)9-28(44)34(49)50/h2-3,5-6,11-12,14,17,25-28H,4,7-10,13,15-16,18H2,1H3,(H,38,40)(H,41,45)(H,42,46)(H,49,50)(H4,36,37,39)/t25-,26-,27?,28-/m0/s1. The molecule has 3 aromatic rings. The van der Waals surface area contributed by atoms with Gasteiger partial charge in [0.25, 0.3) is 0 Å². The second-order valence-electron chi connectivity index (χ2n) is 13.0. The SMILES string of the molecule is CC(=O)N[C@@H](Cc1cnc[nH]1)C(=O)N1Cc2cc3c(cc2CC1C(=O)N[C@@H](CCCN=C(N)N)C(=O)N1Cc2ccccc2C[C@H]1C(=O)O)OCO3. The van der Waals surface area contributed by atoms with Crippen molar-refractivity contribution in [3.05, 3.63) is 76.9 Å². The number of carboxylic acid groups (broad SMARTS) is 1. The van der Waals surface area contributed by atoms with Crippen LogP contribution in [0.1, 0.15) is 47.7 Å². The number of carbonyl (C=O) groups excluding carboxylic acids is 4. The summed E-state index contributed by atoms with van der Waals surface area (Å²) in [6, 6.07) is 6.33. The van der Waals surface area contributed by atoms with Gasteiger partial charge in [0.15, 0.2) is 17.5 Å². The summed E-state index contributed by atoms with van der Waals surface area (Å²) in [4.78, 5) is 81.5. The maximum atomic E-state index is 14.5. The van der Waals surface area contributed by atoms with E-state index in [2.05, 4.69) is 25.6 Å². The van der Waals surface area contributed by atoms with Gasteiger partial charge in [0.2, 0.25) is 30.4 Å². The molecule has 0 bridgehead atoms. The smallest absolute Gasteiger partial charge is 0.326 e. The third kappa shape index (κ3) is 7.92. The molecule has 1 unspecified atom stereocenters. The highest BCUT2D eigenvalue weighted by Crippen LogP contribution is 2.38. The van der Waals surface area contributed by atoms with Crippen LogP contribution in [0.3, 0.4) is 0 Å². The molecule has 8 N–H and O–H groups in total. The van der Waals surface area contributed by atoms with Gasteiger partial charge < -0.3 is 51.5 Å². The molecule has 0 radical (unpaired) electrons. The minimum Gasteiger partial charge on any atom is -0.480 e. The fourth-order valence-electron chi connectivity index (χ4n) is 6.91. The average Bonchev–Trinajstić information content (AvgIpc) is 3.81. The molecule has 17 nitrogen and oxygen atoms in total. The number of ether oxygens (including phenoxy) is 2. The number of carbonyl (C=O) groups is 5. The Kier molecular flexibility index (Phi) is 10.6. The molecule has 0 saturated carbocycles. The number of aliphatic carboxylic acids is 1. The number of carboxylic acids is 1. The number of nitrogens with zero attached hydrogens (tertiary/aromatic N) is 4. The summed E-state index contributed by atoms with van der Waals surface area (Å²) < 4.78 is 11.1. The summed E-state index contributed by atoms with van der Waals surface area (Å²) in [5.74, 6) is -2.49. The van der Waals surface area contributed by atoms with E-state index in [0.717, 1.165) is 22.3 Å². The monoisotopic (exact) mass is 715 g/mol. The number of nitrogens with two attached hydrogens (primary N) is 2. The van der Waals surface area contributed by atoms with Crippen molar-refractivity contribution in [2.24, 2.45) is 16.5 Å². The number of aromatic amines is 1. The number of amides is 4. The first-order valence-corrected chi connectivity index (χ1v) is 16.9. The zero-order valence-corrected chi connectivity index (χ0v) is 28.5. The molecular weight excluding hydrogens is 674 g/mol. The van der Waals surface area contributed by atoms with Crippen molar-refractivity contribution < 1.29 is 38.6 Å². The van der Waals surface area contributed by atoms with Gasteiger partial charge in [-0.05, 0) is 47.2 Å². The third-order valence-electron chi connectivity index (χ3n) is 9.44. The summed E-state index contributed by atoms with van der Waals surface area (Å²) in [6.07, 6.45) is 3.60. The predicted molar refractivity (Wildman–Crippen MR) is 184 cm³/mol. The van der Waals surface area contributed by atoms with E-state index in [-0.39, 0.29) is 64.5 Å². The highest BCUT2D eigenvalue weighted by atomic mass is 16.7. The molecule has 3 aliphatic heterocycles. The van der Waals surface area contributed by atoms with Crippen LogP contribution in [-0.2, 0) is 56.3 Å². The Bertz CT molecular complexity index is 1880. The fourth-order valence-corrected chi connectivity index (χ4v) is 6.91. The Hall–Kier alpha value is -6.13. The molecule has 0 fully saturated rings. The second-order valence-corrected chi connectivity index (χ2v) is 13.0. The maximum Gasteiger partial charge on any atom is 0.326 e. The number of hydrogen-bond acceptors (Lipinski definition) is 9. The molecule has 6 rings (SSSR count). The molecule has 17 heteroatoms. The van der Waals surface area contributed by atoms with E-state index in [1.807, 2.05) is 24.3 Å². The largest absolute Gasteiger partial charge is 0.480 e. The van der Waals surface area contributed by atoms with E-state index in [1.54, 1.807) is 18.3 Å². The molecule has 0 spiro atoms. The van der Waals surface area contributed by atoms with Gasteiger partial charge in [-0.2, -0.15) is 0 Å². The summed E-state index contributed by atoms with van der Waals surface area (Å²) in [7, 11) is 0. The summed E-state index contributed by atoms with van der Waals surface area (Å²) in [5.41, 5.74) is 14.7. The van der Waals surface area contributed by atoms with Crippen LogP contribution in [-0.4, -0.2) is 97.9 Å². The Morgan fingerprint density at radius 1 is 0.942 bits per heavy atom. The Balaban J connectivity index is 1.31.